The third-order valence-corrected chi connectivity index (χ3v) is 7.89. The van der Waals surface area contributed by atoms with E-state index in [9.17, 15) is 0 Å². The van der Waals surface area contributed by atoms with Gasteiger partial charge in [0, 0.05) is 37.8 Å². The lowest BCUT2D eigenvalue weighted by atomic mass is 9.92. The molecule has 0 amide bonds. The molecule has 8 nitrogen and oxygen atoms in total. The Morgan fingerprint density at radius 3 is 2.54 bits per heavy atom. The number of nitrogens with two attached hydrogens (primary N) is 1. The van der Waals surface area contributed by atoms with Gasteiger partial charge in [-0.25, -0.2) is 4.98 Å². The van der Waals surface area contributed by atoms with E-state index >= 15 is 0 Å². The summed E-state index contributed by atoms with van der Waals surface area (Å²) >= 11 is 12.1. The molecule has 2 aromatic heterocycles. The van der Waals surface area contributed by atoms with E-state index in [-0.39, 0.29) is 0 Å². The fraction of sp³-hybridized carbons (Fsp3) is 0.560. The van der Waals surface area contributed by atoms with E-state index in [1.165, 1.54) is 25.7 Å². The number of nitrogens with one attached hydrogen (secondary N) is 3. The van der Waals surface area contributed by atoms with Crippen molar-refractivity contribution in [1.82, 2.24) is 24.8 Å². The van der Waals surface area contributed by atoms with Crippen LogP contribution >= 0.6 is 23.2 Å². The van der Waals surface area contributed by atoms with Gasteiger partial charge in [0.2, 0.25) is 5.95 Å². The highest BCUT2D eigenvalue weighted by Gasteiger charge is 2.23. The van der Waals surface area contributed by atoms with Gasteiger partial charge >= 0.3 is 0 Å². The zero-order valence-electron chi connectivity index (χ0n) is 19.9. The Balaban J connectivity index is 1.27. The van der Waals surface area contributed by atoms with Gasteiger partial charge < -0.3 is 26.3 Å². The van der Waals surface area contributed by atoms with E-state index < -0.39 is 0 Å². The van der Waals surface area contributed by atoms with Crippen LogP contribution in [-0.2, 0) is 6.54 Å². The minimum absolute atomic E-state index is 0.314. The van der Waals surface area contributed by atoms with Crippen molar-refractivity contribution in [2.45, 2.75) is 76.0 Å². The molecule has 0 aliphatic heterocycles. The van der Waals surface area contributed by atoms with Crippen LogP contribution in [0.1, 0.15) is 63.0 Å². The molecule has 0 radical (unpaired) electrons. The van der Waals surface area contributed by atoms with Crippen LogP contribution in [0.4, 0.5) is 11.8 Å². The van der Waals surface area contributed by atoms with Crippen molar-refractivity contribution < 1.29 is 0 Å². The molecular formula is C25H34Cl2N8. The first-order valence-electron chi connectivity index (χ1n) is 12.7. The number of rotatable bonds is 9. The largest absolute Gasteiger partial charge is 0.367 e. The molecule has 0 atom stereocenters. The van der Waals surface area contributed by atoms with Crippen molar-refractivity contribution in [2.24, 2.45) is 5.73 Å². The van der Waals surface area contributed by atoms with Gasteiger partial charge in [-0.1, -0.05) is 42.1 Å². The normalized spacial score (nSPS) is 21.0. The first kappa shape index (κ1) is 24.6. The van der Waals surface area contributed by atoms with Crippen LogP contribution in [0.15, 0.2) is 24.5 Å². The van der Waals surface area contributed by atoms with Crippen LogP contribution in [0.2, 0.25) is 10.0 Å². The van der Waals surface area contributed by atoms with E-state index in [0.717, 1.165) is 54.8 Å². The zero-order valence-corrected chi connectivity index (χ0v) is 21.5. The quantitative estimate of drug-likeness (QED) is 0.292. The monoisotopic (exact) mass is 516 g/mol. The van der Waals surface area contributed by atoms with Gasteiger partial charge in [0.1, 0.15) is 0 Å². The van der Waals surface area contributed by atoms with Crippen LogP contribution in [0.5, 0.6) is 0 Å². The fourth-order valence-electron chi connectivity index (χ4n) is 5.15. The second-order valence-corrected chi connectivity index (χ2v) is 10.6. The fourth-order valence-corrected chi connectivity index (χ4v) is 5.47. The first-order valence-corrected chi connectivity index (χ1v) is 13.5. The molecule has 2 fully saturated rings. The molecule has 0 saturated heterocycles. The summed E-state index contributed by atoms with van der Waals surface area (Å²) in [6, 6.07) is 6.84. The summed E-state index contributed by atoms with van der Waals surface area (Å²) in [7, 11) is 0. The Hall–Kier alpha value is -2.13. The van der Waals surface area contributed by atoms with Crippen molar-refractivity contribution >= 4 is 46.1 Å². The summed E-state index contributed by atoms with van der Waals surface area (Å²) in [5.74, 6) is 1.45. The Kier molecular flexibility index (Phi) is 7.92. The van der Waals surface area contributed by atoms with Crippen LogP contribution in [0, 0.1) is 0 Å². The number of anilines is 2. The number of hydrogen-bond donors (Lipinski definition) is 4. The predicted octanol–water partition coefficient (Wildman–Crippen LogP) is 5.13. The highest BCUT2D eigenvalue weighted by Crippen LogP contribution is 2.33. The molecule has 10 heteroatoms. The second-order valence-electron chi connectivity index (χ2n) is 9.77. The smallest absolute Gasteiger partial charge is 0.227 e. The van der Waals surface area contributed by atoms with Crippen LogP contribution in [0.25, 0.3) is 11.2 Å². The van der Waals surface area contributed by atoms with E-state index in [4.69, 9.17) is 43.9 Å². The highest BCUT2D eigenvalue weighted by atomic mass is 35.5. The van der Waals surface area contributed by atoms with Crippen LogP contribution in [-0.4, -0.2) is 44.7 Å². The van der Waals surface area contributed by atoms with Crippen LogP contribution in [0.3, 0.4) is 0 Å². The van der Waals surface area contributed by atoms with Crippen molar-refractivity contribution in [2.75, 3.05) is 23.7 Å². The molecule has 0 unspecified atom stereocenters. The minimum Gasteiger partial charge on any atom is -0.367 e. The number of benzene rings is 1. The van der Waals surface area contributed by atoms with Crippen molar-refractivity contribution in [3.63, 3.8) is 0 Å². The molecule has 5 N–H and O–H groups in total. The molecule has 35 heavy (non-hydrogen) atoms. The average molecular weight is 518 g/mol. The van der Waals surface area contributed by atoms with Crippen molar-refractivity contribution in [1.29, 1.82) is 0 Å². The van der Waals surface area contributed by atoms with Crippen molar-refractivity contribution in [3.05, 3.63) is 40.1 Å². The van der Waals surface area contributed by atoms with Gasteiger partial charge in [-0.15, -0.1) is 0 Å². The summed E-state index contributed by atoms with van der Waals surface area (Å²) in [4.78, 5) is 14.5. The maximum atomic E-state index is 6.12. The minimum atomic E-state index is 0.314. The third-order valence-electron chi connectivity index (χ3n) is 7.15. The number of nitrogens with zero attached hydrogens (tertiary/aromatic N) is 4. The molecule has 2 aliphatic rings. The van der Waals surface area contributed by atoms with Crippen molar-refractivity contribution in [3.8, 4) is 0 Å². The molecule has 0 spiro atoms. The number of halogens is 2. The van der Waals surface area contributed by atoms with E-state index in [2.05, 4.69) is 20.5 Å². The van der Waals surface area contributed by atoms with Gasteiger partial charge in [-0.2, -0.15) is 9.97 Å². The molecule has 188 valence electrons. The van der Waals surface area contributed by atoms with Gasteiger partial charge in [0.15, 0.2) is 17.0 Å². The topological polar surface area (TPSA) is 106 Å². The lowest BCUT2D eigenvalue weighted by molar-refractivity contribution is 0.410. The molecule has 2 heterocycles. The molecule has 5 rings (SSSR count). The van der Waals surface area contributed by atoms with Gasteiger partial charge in [0.25, 0.3) is 0 Å². The maximum Gasteiger partial charge on any atom is 0.227 e. The van der Waals surface area contributed by atoms with Gasteiger partial charge in [0.05, 0.1) is 16.4 Å². The average Bonchev–Trinajstić information content (AvgIpc) is 3.52. The number of aromatic nitrogens is 4. The molecule has 3 aromatic rings. The first-order chi connectivity index (χ1) is 17.1. The van der Waals surface area contributed by atoms with E-state index in [1.54, 1.807) is 0 Å². The maximum absolute atomic E-state index is 6.12. The Morgan fingerprint density at radius 1 is 0.971 bits per heavy atom. The van der Waals surface area contributed by atoms with Gasteiger partial charge in [-0.05, 0) is 56.2 Å². The number of fused-ring (bicyclic) bond motifs is 1. The van der Waals surface area contributed by atoms with Crippen LogP contribution < -0.4 is 21.7 Å². The Labute approximate surface area is 216 Å². The standard InChI is InChI=1S/C25H34Cl2N8/c26-20-10-5-16(13-21(20)27)14-29-11-12-30-23-22-24(35(15-31-22)19-3-1-2-4-19)34-25(33-23)32-18-8-6-17(28)7-9-18/h5,10,13,15,17-19,29H,1-4,6-9,11-12,14,28H2,(H2,30,32,33,34)/t17-,18-. The Morgan fingerprint density at radius 2 is 1.77 bits per heavy atom. The summed E-state index contributed by atoms with van der Waals surface area (Å²) in [5.41, 5.74) is 8.93. The predicted molar refractivity (Wildman–Crippen MR) is 143 cm³/mol. The second kappa shape index (κ2) is 11.3. The lowest BCUT2D eigenvalue weighted by Crippen LogP contribution is -2.33. The molecule has 2 aliphatic carbocycles. The summed E-state index contributed by atoms with van der Waals surface area (Å²) < 4.78 is 2.25. The summed E-state index contributed by atoms with van der Waals surface area (Å²) in [6.45, 7) is 2.18. The Bertz CT molecular complexity index is 1140. The highest BCUT2D eigenvalue weighted by molar-refractivity contribution is 6.42. The number of imidazole rings is 1. The summed E-state index contributed by atoms with van der Waals surface area (Å²) in [5, 5.41) is 11.6. The molecular weight excluding hydrogens is 483 g/mol. The molecule has 1 aromatic carbocycles. The van der Waals surface area contributed by atoms with E-state index in [0.29, 0.717) is 47.2 Å². The molecule has 2 saturated carbocycles. The van der Waals surface area contributed by atoms with Gasteiger partial charge in [-0.3, -0.25) is 0 Å². The number of hydrogen-bond acceptors (Lipinski definition) is 7. The zero-order chi connectivity index (χ0) is 24.2. The SMILES string of the molecule is N[C@H]1CC[C@H](Nc2nc(NCCNCc3ccc(Cl)c(Cl)c3)c3ncn(C4CCCC4)c3n2)CC1. The lowest BCUT2D eigenvalue weighted by Gasteiger charge is -2.27. The third kappa shape index (κ3) is 6.00. The molecule has 0 bridgehead atoms. The van der Waals surface area contributed by atoms with E-state index in [1.807, 2.05) is 24.5 Å². The summed E-state index contributed by atoms with van der Waals surface area (Å²) in [6.07, 6.45) is 11.0.